The van der Waals surface area contributed by atoms with Crippen molar-refractivity contribution in [2.75, 3.05) is 20.3 Å². The fraction of sp³-hybridized carbons (Fsp3) is 0.824. The van der Waals surface area contributed by atoms with E-state index in [0.717, 1.165) is 25.6 Å². The largest absolute Gasteiger partial charge is 0.383 e. The van der Waals surface area contributed by atoms with Crippen LogP contribution in [0.4, 0.5) is 0 Å². The Hall–Kier alpha value is -0.870. The SMILES string of the molecule is CCC1CCC(n2nc(C)c(CNCCOC)c2C)CC1. The summed E-state index contributed by atoms with van der Waals surface area (Å²) in [7, 11) is 1.74. The standard InChI is InChI=1S/C17H31N3O/c1-5-15-6-8-16(9-7-15)20-14(3)17(13(2)19-20)12-18-10-11-21-4/h15-16,18H,5-12H2,1-4H3. The topological polar surface area (TPSA) is 39.1 Å². The first-order chi connectivity index (χ1) is 10.2. The molecule has 1 N–H and O–H groups in total. The summed E-state index contributed by atoms with van der Waals surface area (Å²) < 4.78 is 7.38. The second kappa shape index (κ2) is 7.95. The monoisotopic (exact) mass is 293 g/mol. The average Bonchev–Trinajstić information content (AvgIpc) is 2.79. The van der Waals surface area contributed by atoms with E-state index in [1.165, 1.54) is 49.1 Å². The average molecular weight is 293 g/mol. The summed E-state index contributed by atoms with van der Waals surface area (Å²) in [6.45, 7) is 9.21. The highest BCUT2D eigenvalue weighted by Gasteiger charge is 2.24. The molecular formula is C17H31N3O. The van der Waals surface area contributed by atoms with Gasteiger partial charge in [-0.05, 0) is 45.4 Å². The Balaban J connectivity index is 1.98. The number of nitrogens with one attached hydrogen (secondary N) is 1. The van der Waals surface area contributed by atoms with Gasteiger partial charge in [0.25, 0.3) is 0 Å². The van der Waals surface area contributed by atoms with Crippen molar-refractivity contribution in [3.63, 3.8) is 0 Å². The maximum Gasteiger partial charge on any atom is 0.0641 e. The molecule has 0 atom stereocenters. The molecule has 0 bridgehead atoms. The summed E-state index contributed by atoms with van der Waals surface area (Å²) in [4.78, 5) is 0. The maximum absolute atomic E-state index is 5.08. The van der Waals surface area contributed by atoms with Crippen LogP contribution in [-0.2, 0) is 11.3 Å². The van der Waals surface area contributed by atoms with E-state index in [2.05, 4.69) is 30.8 Å². The van der Waals surface area contributed by atoms with Gasteiger partial charge in [0.15, 0.2) is 0 Å². The van der Waals surface area contributed by atoms with Gasteiger partial charge in [0.2, 0.25) is 0 Å². The molecule has 0 unspecified atom stereocenters. The van der Waals surface area contributed by atoms with Gasteiger partial charge in [-0.1, -0.05) is 13.3 Å². The van der Waals surface area contributed by atoms with Crippen LogP contribution in [-0.4, -0.2) is 30.0 Å². The zero-order valence-corrected chi connectivity index (χ0v) is 14.1. The molecule has 2 rings (SSSR count). The Kier molecular flexibility index (Phi) is 6.24. The number of methoxy groups -OCH3 is 1. The third-order valence-corrected chi connectivity index (χ3v) is 5.00. The molecule has 1 saturated carbocycles. The van der Waals surface area contributed by atoms with Crippen molar-refractivity contribution in [1.82, 2.24) is 15.1 Å². The number of ether oxygens (including phenoxy) is 1. The minimum absolute atomic E-state index is 0.610. The summed E-state index contributed by atoms with van der Waals surface area (Å²) in [6, 6.07) is 0.610. The first-order valence-corrected chi connectivity index (χ1v) is 8.41. The Morgan fingerprint density at radius 3 is 2.57 bits per heavy atom. The predicted octanol–water partition coefficient (Wildman–Crippen LogP) is 3.38. The van der Waals surface area contributed by atoms with E-state index < -0.39 is 0 Å². The van der Waals surface area contributed by atoms with E-state index in [1.54, 1.807) is 7.11 Å². The van der Waals surface area contributed by atoms with E-state index in [-0.39, 0.29) is 0 Å². The number of hydrogen-bond donors (Lipinski definition) is 1. The molecule has 0 radical (unpaired) electrons. The van der Waals surface area contributed by atoms with Gasteiger partial charge in [0.1, 0.15) is 0 Å². The minimum atomic E-state index is 0.610. The molecule has 1 aromatic rings. The highest BCUT2D eigenvalue weighted by atomic mass is 16.5. The van der Waals surface area contributed by atoms with Crippen LogP contribution in [0, 0.1) is 19.8 Å². The molecule has 1 heterocycles. The molecular weight excluding hydrogens is 262 g/mol. The Morgan fingerprint density at radius 1 is 1.24 bits per heavy atom. The Morgan fingerprint density at radius 2 is 1.95 bits per heavy atom. The van der Waals surface area contributed by atoms with E-state index in [0.29, 0.717) is 6.04 Å². The summed E-state index contributed by atoms with van der Waals surface area (Å²) in [5.74, 6) is 0.938. The maximum atomic E-state index is 5.08. The Labute approximate surface area is 129 Å². The van der Waals surface area contributed by atoms with Gasteiger partial charge < -0.3 is 10.1 Å². The number of nitrogens with zero attached hydrogens (tertiary/aromatic N) is 2. The van der Waals surface area contributed by atoms with E-state index in [1.807, 2.05) is 0 Å². The van der Waals surface area contributed by atoms with Crippen LogP contribution in [0.5, 0.6) is 0 Å². The van der Waals surface area contributed by atoms with Crippen molar-refractivity contribution in [1.29, 1.82) is 0 Å². The minimum Gasteiger partial charge on any atom is -0.383 e. The molecule has 0 saturated heterocycles. The lowest BCUT2D eigenvalue weighted by molar-refractivity contribution is 0.199. The van der Waals surface area contributed by atoms with Gasteiger partial charge in [0.05, 0.1) is 18.3 Å². The van der Waals surface area contributed by atoms with E-state index >= 15 is 0 Å². The zero-order chi connectivity index (χ0) is 15.2. The van der Waals surface area contributed by atoms with Gasteiger partial charge in [-0.2, -0.15) is 5.10 Å². The van der Waals surface area contributed by atoms with Crippen molar-refractivity contribution >= 4 is 0 Å². The Bertz CT molecular complexity index is 433. The third kappa shape index (κ3) is 4.07. The first kappa shape index (κ1) is 16.5. The van der Waals surface area contributed by atoms with Crippen LogP contribution in [0.15, 0.2) is 0 Å². The molecule has 0 aromatic carbocycles. The van der Waals surface area contributed by atoms with Gasteiger partial charge in [-0.3, -0.25) is 4.68 Å². The second-order valence-corrected chi connectivity index (χ2v) is 6.35. The predicted molar refractivity (Wildman–Crippen MR) is 86.6 cm³/mol. The molecule has 1 aliphatic rings. The van der Waals surface area contributed by atoms with Crippen LogP contribution in [0.1, 0.15) is 62.0 Å². The van der Waals surface area contributed by atoms with Crippen molar-refractivity contribution < 1.29 is 4.74 Å². The van der Waals surface area contributed by atoms with Gasteiger partial charge in [-0.15, -0.1) is 0 Å². The molecule has 1 aliphatic carbocycles. The van der Waals surface area contributed by atoms with Crippen molar-refractivity contribution in [2.45, 2.75) is 65.5 Å². The number of rotatable bonds is 7. The lowest BCUT2D eigenvalue weighted by atomic mass is 9.84. The highest BCUT2D eigenvalue weighted by molar-refractivity contribution is 5.24. The second-order valence-electron chi connectivity index (χ2n) is 6.35. The fourth-order valence-corrected chi connectivity index (χ4v) is 3.49. The summed E-state index contributed by atoms with van der Waals surface area (Å²) in [5.41, 5.74) is 3.89. The third-order valence-electron chi connectivity index (χ3n) is 5.00. The molecule has 120 valence electrons. The van der Waals surface area contributed by atoms with Crippen LogP contribution < -0.4 is 5.32 Å². The molecule has 0 spiro atoms. The van der Waals surface area contributed by atoms with E-state index in [4.69, 9.17) is 9.84 Å². The fourth-order valence-electron chi connectivity index (χ4n) is 3.49. The van der Waals surface area contributed by atoms with Crippen LogP contribution in [0.3, 0.4) is 0 Å². The van der Waals surface area contributed by atoms with Crippen LogP contribution in [0.25, 0.3) is 0 Å². The molecule has 0 amide bonds. The van der Waals surface area contributed by atoms with Gasteiger partial charge in [-0.25, -0.2) is 0 Å². The lowest BCUT2D eigenvalue weighted by Crippen LogP contribution is -2.21. The van der Waals surface area contributed by atoms with Crippen LogP contribution >= 0.6 is 0 Å². The number of hydrogen-bond acceptors (Lipinski definition) is 3. The summed E-state index contributed by atoms with van der Waals surface area (Å²) in [5, 5.41) is 8.27. The zero-order valence-electron chi connectivity index (χ0n) is 14.1. The first-order valence-electron chi connectivity index (χ1n) is 8.41. The number of aryl methyl sites for hydroxylation is 1. The van der Waals surface area contributed by atoms with Crippen molar-refractivity contribution in [3.8, 4) is 0 Å². The van der Waals surface area contributed by atoms with Crippen LogP contribution in [0.2, 0.25) is 0 Å². The molecule has 1 fully saturated rings. The molecule has 1 aromatic heterocycles. The summed E-state index contributed by atoms with van der Waals surface area (Å²) in [6.07, 6.45) is 6.63. The lowest BCUT2D eigenvalue weighted by Gasteiger charge is -2.28. The normalized spacial score (nSPS) is 22.7. The smallest absolute Gasteiger partial charge is 0.0641 e. The quantitative estimate of drug-likeness (QED) is 0.783. The molecule has 4 nitrogen and oxygen atoms in total. The molecule has 21 heavy (non-hydrogen) atoms. The molecule has 4 heteroatoms. The number of aromatic nitrogens is 2. The van der Waals surface area contributed by atoms with Gasteiger partial charge in [0, 0.05) is 31.5 Å². The van der Waals surface area contributed by atoms with Crippen molar-refractivity contribution in [2.24, 2.45) is 5.92 Å². The van der Waals surface area contributed by atoms with E-state index in [9.17, 15) is 0 Å². The van der Waals surface area contributed by atoms with Gasteiger partial charge >= 0.3 is 0 Å². The highest BCUT2D eigenvalue weighted by Crippen LogP contribution is 2.34. The van der Waals surface area contributed by atoms with Crippen molar-refractivity contribution in [3.05, 3.63) is 17.0 Å². The summed E-state index contributed by atoms with van der Waals surface area (Å²) >= 11 is 0. The molecule has 0 aliphatic heterocycles.